The fourth-order valence-electron chi connectivity index (χ4n) is 3.72. The maximum absolute atomic E-state index is 13.1. The molecule has 0 saturated heterocycles. The Labute approximate surface area is 204 Å². The van der Waals surface area contributed by atoms with Crippen molar-refractivity contribution in [2.45, 2.75) is 39.5 Å². The minimum Gasteiger partial charge on any atom is -0.487 e. The topological polar surface area (TPSA) is 96.1 Å². The summed E-state index contributed by atoms with van der Waals surface area (Å²) in [5.74, 6) is 0.137. The number of benzene rings is 2. The van der Waals surface area contributed by atoms with Gasteiger partial charge in [-0.05, 0) is 41.5 Å². The molecule has 4 aromatic rings. The number of carbonyl (C=O) groups excluding carboxylic acids is 2. The highest BCUT2D eigenvalue weighted by atomic mass is 16.5. The number of hydrogen-bond donors (Lipinski definition) is 3. The van der Waals surface area contributed by atoms with E-state index < -0.39 is 6.04 Å². The molecule has 0 bridgehead atoms. The smallest absolute Gasteiger partial charge is 0.243 e. The van der Waals surface area contributed by atoms with Gasteiger partial charge in [0, 0.05) is 42.2 Å². The van der Waals surface area contributed by atoms with Gasteiger partial charge in [0.05, 0.1) is 5.69 Å². The van der Waals surface area contributed by atoms with Crippen molar-refractivity contribution in [3.8, 4) is 5.75 Å². The van der Waals surface area contributed by atoms with E-state index in [0.717, 1.165) is 33.5 Å². The van der Waals surface area contributed by atoms with E-state index in [1.54, 1.807) is 6.20 Å². The molecule has 0 saturated carbocycles. The van der Waals surface area contributed by atoms with Gasteiger partial charge in [-0.3, -0.25) is 14.6 Å². The number of hydrogen-bond acceptors (Lipinski definition) is 4. The summed E-state index contributed by atoms with van der Waals surface area (Å²) in [4.78, 5) is 33.0. The summed E-state index contributed by atoms with van der Waals surface area (Å²) < 4.78 is 5.77. The Morgan fingerprint density at radius 3 is 2.49 bits per heavy atom. The van der Waals surface area contributed by atoms with Gasteiger partial charge < -0.3 is 20.4 Å². The second-order valence-corrected chi connectivity index (χ2v) is 8.75. The number of aromatic amines is 1. The normalized spacial score (nSPS) is 11.9. The van der Waals surface area contributed by atoms with Gasteiger partial charge in [-0.25, -0.2) is 0 Å². The molecule has 0 fully saturated rings. The summed E-state index contributed by atoms with van der Waals surface area (Å²) in [6.45, 7) is 4.37. The molecule has 7 heteroatoms. The third-order valence-electron chi connectivity index (χ3n) is 5.76. The van der Waals surface area contributed by atoms with Crippen LogP contribution in [0.5, 0.6) is 5.75 Å². The monoisotopic (exact) mass is 470 g/mol. The number of rotatable bonds is 10. The fourth-order valence-corrected chi connectivity index (χ4v) is 3.72. The molecule has 2 aromatic heterocycles. The van der Waals surface area contributed by atoms with Crippen molar-refractivity contribution in [1.29, 1.82) is 0 Å². The number of H-pyrrole nitrogens is 1. The fraction of sp³-hybridized carbons (Fsp3) is 0.250. The number of ether oxygens (including phenoxy) is 1. The molecule has 3 N–H and O–H groups in total. The Kier molecular flexibility index (Phi) is 7.77. The average Bonchev–Trinajstić information content (AvgIpc) is 3.29. The molecule has 2 heterocycles. The van der Waals surface area contributed by atoms with Gasteiger partial charge in [0.2, 0.25) is 11.8 Å². The van der Waals surface area contributed by atoms with Crippen LogP contribution in [-0.4, -0.2) is 27.8 Å². The molecule has 35 heavy (non-hydrogen) atoms. The first-order chi connectivity index (χ1) is 17.0. The molecular weight excluding hydrogens is 440 g/mol. The lowest BCUT2D eigenvalue weighted by molar-refractivity contribution is -0.130. The molecule has 4 rings (SSSR count). The molecular formula is C28H30N4O3. The first kappa shape index (κ1) is 24.0. The SMILES string of the molecule is CC(C)C(=O)NC(Cc1c[nH]c2ccccc12)C(=O)NCc1ccc(OCc2ccccn2)cc1. The van der Waals surface area contributed by atoms with Gasteiger partial charge in [-0.15, -0.1) is 0 Å². The van der Waals surface area contributed by atoms with Crippen molar-refractivity contribution in [3.05, 3.63) is 95.9 Å². The quantitative estimate of drug-likeness (QED) is 0.325. The van der Waals surface area contributed by atoms with E-state index in [-0.39, 0.29) is 17.7 Å². The number of fused-ring (bicyclic) bond motifs is 1. The molecule has 0 spiro atoms. The highest BCUT2D eigenvalue weighted by Crippen LogP contribution is 2.19. The van der Waals surface area contributed by atoms with Gasteiger partial charge in [0.15, 0.2) is 0 Å². The van der Waals surface area contributed by atoms with E-state index in [2.05, 4.69) is 20.6 Å². The Morgan fingerprint density at radius 1 is 0.971 bits per heavy atom. The van der Waals surface area contributed by atoms with Crippen LogP contribution >= 0.6 is 0 Å². The minimum absolute atomic E-state index is 0.153. The molecule has 1 unspecified atom stereocenters. The number of nitrogens with one attached hydrogen (secondary N) is 3. The predicted molar refractivity (Wildman–Crippen MR) is 136 cm³/mol. The molecule has 0 aliphatic carbocycles. The van der Waals surface area contributed by atoms with Crippen LogP contribution in [0.4, 0.5) is 0 Å². The third-order valence-corrected chi connectivity index (χ3v) is 5.76. The number of pyridine rings is 1. The highest BCUT2D eigenvalue weighted by Gasteiger charge is 2.23. The van der Waals surface area contributed by atoms with E-state index in [9.17, 15) is 9.59 Å². The van der Waals surface area contributed by atoms with E-state index in [1.807, 2.05) is 86.8 Å². The molecule has 180 valence electrons. The number of para-hydroxylation sites is 1. The zero-order valence-electron chi connectivity index (χ0n) is 20.0. The van der Waals surface area contributed by atoms with Crippen LogP contribution in [0.25, 0.3) is 10.9 Å². The molecule has 1 atom stereocenters. The summed E-state index contributed by atoms with van der Waals surface area (Å²) in [6.07, 6.45) is 4.03. The summed E-state index contributed by atoms with van der Waals surface area (Å²) >= 11 is 0. The van der Waals surface area contributed by atoms with Gasteiger partial charge in [0.25, 0.3) is 0 Å². The lowest BCUT2D eigenvalue weighted by Crippen LogP contribution is -2.48. The van der Waals surface area contributed by atoms with Gasteiger partial charge in [-0.2, -0.15) is 0 Å². The molecule has 2 aromatic carbocycles. The molecule has 7 nitrogen and oxygen atoms in total. The van der Waals surface area contributed by atoms with Gasteiger partial charge >= 0.3 is 0 Å². The van der Waals surface area contributed by atoms with Crippen LogP contribution in [0.1, 0.15) is 30.7 Å². The first-order valence-electron chi connectivity index (χ1n) is 11.7. The minimum atomic E-state index is -0.676. The van der Waals surface area contributed by atoms with Crippen LogP contribution in [0, 0.1) is 5.92 Å². The van der Waals surface area contributed by atoms with Gasteiger partial charge in [-0.1, -0.05) is 50.2 Å². The van der Waals surface area contributed by atoms with Gasteiger partial charge in [0.1, 0.15) is 18.4 Å². The number of carbonyl (C=O) groups is 2. The van der Waals surface area contributed by atoms with Crippen LogP contribution < -0.4 is 15.4 Å². The average molecular weight is 471 g/mol. The molecule has 0 aliphatic rings. The summed E-state index contributed by atoms with van der Waals surface area (Å²) in [5, 5.41) is 6.92. The first-order valence-corrected chi connectivity index (χ1v) is 11.7. The van der Waals surface area contributed by atoms with E-state index in [4.69, 9.17) is 4.74 Å². The summed E-state index contributed by atoms with van der Waals surface area (Å²) in [7, 11) is 0. The summed E-state index contributed by atoms with van der Waals surface area (Å²) in [5.41, 5.74) is 3.78. The van der Waals surface area contributed by atoms with Crippen LogP contribution in [-0.2, 0) is 29.2 Å². The Bertz CT molecular complexity index is 1270. The zero-order valence-corrected chi connectivity index (χ0v) is 20.0. The second-order valence-electron chi connectivity index (χ2n) is 8.75. The standard InChI is InChI=1S/C28H30N4O3/c1-19(2)27(33)32-26(15-21-17-30-25-9-4-3-8-24(21)25)28(34)31-16-20-10-12-23(13-11-20)35-18-22-7-5-6-14-29-22/h3-14,17,19,26,30H,15-16,18H2,1-2H3,(H,31,34)(H,32,33). The van der Waals surface area contributed by atoms with E-state index in [1.165, 1.54) is 0 Å². The summed E-state index contributed by atoms with van der Waals surface area (Å²) in [6, 6.07) is 20.5. The molecule has 2 amide bonds. The van der Waals surface area contributed by atoms with Crippen molar-refractivity contribution in [2.24, 2.45) is 5.92 Å². The molecule has 0 radical (unpaired) electrons. The van der Waals surface area contributed by atoms with Crippen LogP contribution in [0.2, 0.25) is 0 Å². The lowest BCUT2D eigenvalue weighted by atomic mass is 10.0. The lowest BCUT2D eigenvalue weighted by Gasteiger charge is -2.20. The van der Waals surface area contributed by atoms with Crippen molar-refractivity contribution in [2.75, 3.05) is 0 Å². The largest absolute Gasteiger partial charge is 0.487 e. The van der Waals surface area contributed by atoms with Crippen molar-refractivity contribution in [3.63, 3.8) is 0 Å². The van der Waals surface area contributed by atoms with Crippen LogP contribution in [0.15, 0.2) is 79.1 Å². The number of aromatic nitrogens is 2. The Balaban J connectivity index is 1.37. The third kappa shape index (κ3) is 6.47. The maximum atomic E-state index is 13.1. The molecule has 0 aliphatic heterocycles. The highest BCUT2D eigenvalue weighted by molar-refractivity contribution is 5.90. The van der Waals surface area contributed by atoms with Crippen molar-refractivity contribution in [1.82, 2.24) is 20.6 Å². The second kappa shape index (κ2) is 11.3. The number of nitrogens with zero attached hydrogens (tertiary/aromatic N) is 1. The van der Waals surface area contributed by atoms with E-state index >= 15 is 0 Å². The van der Waals surface area contributed by atoms with E-state index in [0.29, 0.717) is 19.6 Å². The Morgan fingerprint density at radius 2 is 1.74 bits per heavy atom. The van der Waals surface area contributed by atoms with Crippen LogP contribution in [0.3, 0.4) is 0 Å². The van der Waals surface area contributed by atoms with Crippen molar-refractivity contribution < 1.29 is 14.3 Å². The predicted octanol–water partition coefficient (Wildman–Crippen LogP) is 4.14. The maximum Gasteiger partial charge on any atom is 0.243 e. The van der Waals surface area contributed by atoms with Crippen molar-refractivity contribution >= 4 is 22.7 Å². The number of amides is 2. The zero-order chi connectivity index (χ0) is 24.6. The Hall–Kier alpha value is -4.13.